The van der Waals surface area contributed by atoms with E-state index in [1.807, 2.05) is 18.5 Å². The number of aromatic nitrogens is 2. The van der Waals surface area contributed by atoms with E-state index in [0.29, 0.717) is 12.1 Å². The van der Waals surface area contributed by atoms with Crippen LogP contribution < -0.4 is 5.32 Å². The van der Waals surface area contributed by atoms with Crippen LogP contribution in [0.3, 0.4) is 0 Å². The summed E-state index contributed by atoms with van der Waals surface area (Å²) in [5.41, 5.74) is 0. The van der Waals surface area contributed by atoms with Crippen LogP contribution in [0.4, 0.5) is 5.95 Å². The lowest BCUT2D eigenvalue weighted by atomic mass is 10.2. The van der Waals surface area contributed by atoms with Crippen molar-refractivity contribution in [3.05, 3.63) is 25.0 Å². The van der Waals surface area contributed by atoms with Crippen molar-refractivity contribution in [3.63, 3.8) is 0 Å². The quantitative estimate of drug-likeness (QED) is 0.720. The molecule has 1 N–H and O–H groups in total. The number of hydrogen-bond acceptors (Lipinski definition) is 3. The van der Waals surface area contributed by atoms with E-state index in [1.165, 1.54) is 0 Å². The van der Waals surface area contributed by atoms with Gasteiger partial charge in [-0.2, -0.15) is 0 Å². The lowest BCUT2D eigenvalue weighted by Crippen LogP contribution is -2.39. The van der Waals surface area contributed by atoms with Crippen LogP contribution in [0.5, 0.6) is 0 Å². The molecule has 0 radical (unpaired) electrons. The predicted octanol–water partition coefficient (Wildman–Crippen LogP) is 2.60. The fraction of sp³-hybridized carbons (Fsp3) is 0.643. The maximum absolute atomic E-state index is 4.31. The Hall–Kier alpha value is -1.29. The third-order valence-corrected chi connectivity index (χ3v) is 3.05. The molecule has 1 aromatic heterocycles. The fourth-order valence-electron chi connectivity index (χ4n) is 2.16. The molecule has 0 saturated carbocycles. The first-order valence-electron chi connectivity index (χ1n) is 6.68. The van der Waals surface area contributed by atoms with Gasteiger partial charge < -0.3 is 9.88 Å². The fourth-order valence-corrected chi connectivity index (χ4v) is 2.16. The normalized spacial score (nSPS) is 11.5. The Bertz CT molecular complexity index is 346. The highest BCUT2D eigenvalue weighted by molar-refractivity contribution is 5.26. The molecule has 18 heavy (non-hydrogen) atoms. The molecular formula is C14H26N4. The first kappa shape index (κ1) is 14.8. The Kier molecular flexibility index (Phi) is 5.92. The highest BCUT2D eigenvalue weighted by Crippen LogP contribution is 2.08. The largest absolute Gasteiger partial charge is 0.352 e. The molecule has 0 fully saturated rings. The van der Waals surface area contributed by atoms with Crippen LogP contribution in [0.25, 0.3) is 0 Å². The Morgan fingerprint density at radius 3 is 2.61 bits per heavy atom. The molecule has 0 atom stereocenters. The molecule has 0 aromatic carbocycles. The molecule has 0 unspecified atom stereocenters. The van der Waals surface area contributed by atoms with Gasteiger partial charge in [0.15, 0.2) is 0 Å². The van der Waals surface area contributed by atoms with E-state index in [2.05, 4.69) is 54.0 Å². The second-order valence-corrected chi connectivity index (χ2v) is 5.04. The number of nitrogens with one attached hydrogen (secondary N) is 1. The van der Waals surface area contributed by atoms with Gasteiger partial charge >= 0.3 is 0 Å². The van der Waals surface area contributed by atoms with Gasteiger partial charge in [0.1, 0.15) is 0 Å². The van der Waals surface area contributed by atoms with E-state index < -0.39 is 0 Å². The van der Waals surface area contributed by atoms with Gasteiger partial charge in [-0.1, -0.05) is 6.08 Å². The summed E-state index contributed by atoms with van der Waals surface area (Å²) in [6.45, 7) is 15.4. The molecule has 0 spiro atoms. The average Bonchev–Trinajstić information content (AvgIpc) is 2.73. The Morgan fingerprint density at radius 2 is 2.06 bits per heavy atom. The molecule has 0 aliphatic carbocycles. The van der Waals surface area contributed by atoms with Crippen molar-refractivity contribution < 1.29 is 0 Å². The lowest BCUT2D eigenvalue weighted by Gasteiger charge is -2.30. The van der Waals surface area contributed by atoms with Crippen LogP contribution in [0.15, 0.2) is 25.0 Å². The summed E-state index contributed by atoms with van der Waals surface area (Å²) in [4.78, 5) is 6.79. The standard InChI is InChI=1S/C14H26N4/c1-6-7-15-14-16-8-9-17(14)10-11-18(12(2)3)13(4)5/h6,8-9,12-13H,1,7,10-11H2,2-5H3,(H,15,16). The molecule has 0 saturated heterocycles. The molecule has 1 heterocycles. The van der Waals surface area contributed by atoms with Gasteiger partial charge in [0.25, 0.3) is 0 Å². The monoisotopic (exact) mass is 250 g/mol. The smallest absolute Gasteiger partial charge is 0.203 e. The SMILES string of the molecule is C=CCNc1nccn1CCN(C(C)C)C(C)C. The summed E-state index contributed by atoms with van der Waals surface area (Å²) >= 11 is 0. The maximum atomic E-state index is 4.31. The highest BCUT2D eigenvalue weighted by atomic mass is 15.2. The van der Waals surface area contributed by atoms with E-state index in [-0.39, 0.29) is 0 Å². The number of rotatable bonds is 8. The van der Waals surface area contributed by atoms with Crippen LogP contribution in [0.1, 0.15) is 27.7 Å². The summed E-state index contributed by atoms with van der Waals surface area (Å²) in [5, 5.41) is 3.24. The minimum absolute atomic E-state index is 0.568. The number of nitrogens with zero attached hydrogens (tertiary/aromatic N) is 3. The van der Waals surface area contributed by atoms with Crippen molar-refractivity contribution in [2.75, 3.05) is 18.4 Å². The van der Waals surface area contributed by atoms with E-state index in [1.54, 1.807) is 0 Å². The van der Waals surface area contributed by atoms with Crippen molar-refractivity contribution in [1.82, 2.24) is 14.5 Å². The molecule has 1 aromatic rings. The van der Waals surface area contributed by atoms with Crippen molar-refractivity contribution in [1.29, 1.82) is 0 Å². The summed E-state index contributed by atoms with van der Waals surface area (Å²) in [6.07, 6.45) is 5.69. The molecule has 0 amide bonds. The molecule has 0 aliphatic rings. The van der Waals surface area contributed by atoms with E-state index in [0.717, 1.165) is 25.6 Å². The zero-order valence-electron chi connectivity index (χ0n) is 12.1. The van der Waals surface area contributed by atoms with Crippen LogP contribution >= 0.6 is 0 Å². The third kappa shape index (κ3) is 4.18. The predicted molar refractivity (Wildman–Crippen MR) is 77.9 cm³/mol. The molecule has 4 heteroatoms. The summed E-state index contributed by atoms with van der Waals surface area (Å²) < 4.78 is 2.15. The molecule has 4 nitrogen and oxygen atoms in total. The molecule has 0 aliphatic heterocycles. The Labute approximate surface area is 111 Å². The summed E-state index contributed by atoms with van der Waals surface area (Å²) in [6, 6.07) is 1.14. The van der Waals surface area contributed by atoms with Gasteiger partial charge in [0.05, 0.1) is 0 Å². The van der Waals surface area contributed by atoms with Crippen molar-refractivity contribution in [2.24, 2.45) is 0 Å². The Balaban J connectivity index is 2.56. The highest BCUT2D eigenvalue weighted by Gasteiger charge is 2.13. The first-order valence-corrected chi connectivity index (χ1v) is 6.68. The van der Waals surface area contributed by atoms with Gasteiger partial charge in [0.2, 0.25) is 5.95 Å². The molecule has 0 bridgehead atoms. The maximum Gasteiger partial charge on any atom is 0.203 e. The number of anilines is 1. The van der Waals surface area contributed by atoms with E-state index in [9.17, 15) is 0 Å². The van der Waals surface area contributed by atoms with Crippen LogP contribution in [0.2, 0.25) is 0 Å². The third-order valence-electron chi connectivity index (χ3n) is 3.05. The molecule has 1 rings (SSSR count). The Morgan fingerprint density at radius 1 is 1.39 bits per heavy atom. The van der Waals surface area contributed by atoms with Crippen LogP contribution in [-0.2, 0) is 6.54 Å². The van der Waals surface area contributed by atoms with Crippen molar-refractivity contribution in [2.45, 2.75) is 46.3 Å². The average molecular weight is 250 g/mol. The van der Waals surface area contributed by atoms with Crippen LogP contribution in [-0.4, -0.2) is 39.6 Å². The van der Waals surface area contributed by atoms with Crippen molar-refractivity contribution in [3.8, 4) is 0 Å². The van der Waals surface area contributed by atoms with Crippen molar-refractivity contribution >= 4 is 5.95 Å². The number of hydrogen-bond donors (Lipinski definition) is 1. The number of imidazole rings is 1. The minimum Gasteiger partial charge on any atom is -0.352 e. The minimum atomic E-state index is 0.568. The van der Waals surface area contributed by atoms with Gasteiger partial charge in [-0.05, 0) is 27.7 Å². The van der Waals surface area contributed by atoms with E-state index in [4.69, 9.17) is 0 Å². The van der Waals surface area contributed by atoms with Gasteiger partial charge in [-0.25, -0.2) is 4.98 Å². The van der Waals surface area contributed by atoms with Gasteiger partial charge in [0, 0.05) is 44.1 Å². The second kappa shape index (κ2) is 7.21. The zero-order chi connectivity index (χ0) is 13.5. The van der Waals surface area contributed by atoms with Crippen LogP contribution in [0, 0.1) is 0 Å². The van der Waals surface area contributed by atoms with E-state index >= 15 is 0 Å². The molecular weight excluding hydrogens is 224 g/mol. The summed E-state index contributed by atoms with van der Waals surface area (Å²) in [5.74, 6) is 0.919. The second-order valence-electron chi connectivity index (χ2n) is 5.04. The topological polar surface area (TPSA) is 33.1 Å². The summed E-state index contributed by atoms with van der Waals surface area (Å²) in [7, 11) is 0. The zero-order valence-corrected chi connectivity index (χ0v) is 12.1. The molecule has 102 valence electrons. The first-order chi connectivity index (χ1) is 8.56. The van der Waals surface area contributed by atoms with Gasteiger partial charge in [-0.3, -0.25) is 4.90 Å². The van der Waals surface area contributed by atoms with Gasteiger partial charge in [-0.15, -0.1) is 6.58 Å². The lowest BCUT2D eigenvalue weighted by molar-refractivity contribution is 0.168.